The number of carbonyl (C=O) groups excluding carboxylic acids is 1. The number of aryl methyl sites for hydroxylation is 1. The third-order valence-corrected chi connectivity index (χ3v) is 4.22. The van der Waals surface area contributed by atoms with Crippen molar-refractivity contribution in [2.24, 2.45) is 11.1 Å². The third kappa shape index (κ3) is 2.25. The van der Waals surface area contributed by atoms with Crippen LogP contribution in [0.5, 0.6) is 0 Å². The zero-order valence-electron chi connectivity index (χ0n) is 9.45. The Morgan fingerprint density at radius 2 is 2.44 bits per heavy atom. The first-order valence-corrected chi connectivity index (χ1v) is 6.44. The average molecular weight is 239 g/mol. The van der Waals surface area contributed by atoms with E-state index >= 15 is 0 Å². The second-order valence-corrected chi connectivity index (χ2v) is 5.44. The first-order valence-electron chi connectivity index (χ1n) is 5.62. The van der Waals surface area contributed by atoms with Crippen LogP contribution in [0, 0.1) is 5.41 Å². The van der Waals surface area contributed by atoms with E-state index in [1.54, 1.807) is 11.3 Å². The van der Waals surface area contributed by atoms with Crippen molar-refractivity contribution in [3.63, 3.8) is 0 Å². The maximum Gasteiger partial charge on any atom is 0.227 e. The summed E-state index contributed by atoms with van der Waals surface area (Å²) in [5.41, 5.74) is 5.33. The molecular formula is C11H17N3OS. The number of rotatable bonds is 5. The van der Waals surface area contributed by atoms with Gasteiger partial charge in [0.25, 0.3) is 0 Å². The quantitative estimate of drug-likeness (QED) is 0.807. The molecule has 1 heterocycles. The summed E-state index contributed by atoms with van der Waals surface area (Å²) in [6.07, 6.45) is 4.72. The van der Waals surface area contributed by atoms with E-state index in [2.05, 4.69) is 17.2 Å². The maximum atomic E-state index is 11.8. The van der Waals surface area contributed by atoms with Crippen LogP contribution in [0.1, 0.15) is 29.7 Å². The number of hydrogen-bond acceptors (Lipinski definition) is 4. The van der Waals surface area contributed by atoms with E-state index in [9.17, 15) is 4.79 Å². The molecule has 1 amide bonds. The molecule has 1 aliphatic carbocycles. The third-order valence-electron chi connectivity index (χ3n) is 3.08. The summed E-state index contributed by atoms with van der Waals surface area (Å²) in [6, 6.07) is 0. The molecule has 0 saturated heterocycles. The van der Waals surface area contributed by atoms with E-state index in [-0.39, 0.29) is 11.3 Å². The minimum Gasteiger partial charge on any atom is -0.349 e. The molecule has 0 spiro atoms. The average Bonchev–Trinajstić information content (AvgIpc) is 2.98. The second kappa shape index (κ2) is 4.51. The molecule has 88 valence electrons. The fraction of sp³-hybridized carbons (Fsp3) is 0.636. The summed E-state index contributed by atoms with van der Waals surface area (Å²) in [4.78, 5) is 17.3. The zero-order valence-corrected chi connectivity index (χ0v) is 10.3. The summed E-state index contributed by atoms with van der Waals surface area (Å²) in [5.74, 6) is 0.0863. The minimum atomic E-state index is -0.259. The van der Waals surface area contributed by atoms with Gasteiger partial charge in [-0.25, -0.2) is 4.98 Å². The Balaban J connectivity index is 1.85. The number of amides is 1. The van der Waals surface area contributed by atoms with Crippen molar-refractivity contribution in [1.82, 2.24) is 10.3 Å². The molecule has 0 bridgehead atoms. The highest BCUT2D eigenvalue weighted by Gasteiger charge is 2.48. The van der Waals surface area contributed by atoms with E-state index in [0.717, 1.165) is 24.3 Å². The minimum absolute atomic E-state index is 0.0863. The van der Waals surface area contributed by atoms with Crippen molar-refractivity contribution in [3.05, 3.63) is 16.1 Å². The van der Waals surface area contributed by atoms with Crippen molar-refractivity contribution in [2.45, 2.75) is 32.7 Å². The molecule has 1 fully saturated rings. The fourth-order valence-corrected chi connectivity index (χ4v) is 2.41. The molecule has 1 aliphatic rings. The van der Waals surface area contributed by atoms with Crippen molar-refractivity contribution in [3.8, 4) is 0 Å². The van der Waals surface area contributed by atoms with Gasteiger partial charge in [-0.3, -0.25) is 4.79 Å². The molecule has 0 radical (unpaired) electrons. The Labute approximate surface area is 99.3 Å². The Kier molecular flexibility index (Phi) is 3.25. The van der Waals surface area contributed by atoms with Gasteiger partial charge in [-0.1, -0.05) is 6.92 Å². The van der Waals surface area contributed by atoms with Gasteiger partial charge in [0.05, 0.1) is 12.0 Å². The lowest BCUT2D eigenvalue weighted by molar-refractivity contribution is -0.126. The summed E-state index contributed by atoms with van der Waals surface area (Å²) in [5, 5.41) is 3.89. The van der Waals surface area contributed by atoms with Crippen LogP contribution in [0.3, 0.4) is 0 Å². The maximum absolute atomic E-state index is 11.8. The molecular weight excluding hydrogens is 222 g/mol. The lowest BCUT2D eigenvalue weighted by atomic mass is 10.1. The Morgan fingerprint density at radius 3 is 2.94 bits per heavy atom. The molecule has 16 heavy (non-hydrogen) atoms. The molecule has 0 aromatic carbocycles. The van der Waals surface area contributed by atoms with Crippen LogP contribution in [-0.4, -0.2) is 17.4 Å². The topological polar surface area (TPSA) is 68.0 Å². The molecule has 1 aromatic heterocycles. The highest BCUT2D eigenvalue weighted by molar-refractivity contribution is 7.11. The number of nitrogens with zero attached hydrogens (tertiary/aromatic N) is 1. The molecule has 1 aromatic rings. The Bertz CT molecular complexity index is 384. The van der Waals surface area contributed by atoms with Gasteiger partial charge < -0.3 is 11.1 Å². The predicted molar refractivity (Wildman–Crippen MR) is 64.1 cm³/mol. The fourth-order valence-electron chi connectivity index (χ4n) is 1.61. The standard InChI is InChI=1S/C11H17N3OS/c1-2-8-5-13-9(16-8)6-14-10(15)11(7-12)3-4-11/h5H,2-4,6-7,12H2,1H3,(H,14,15). The van der Waals surface area contributed by atoms with Gasteiger partial charge >= 0.3 is 0 Å². The molecule has 1 saturated carbocycles. The highest BCUT2D eigenvalue weighted by atomic mass is 32.1. The zero-order chi connectivity index (χ0) is 11.6. The molecule has 4 nitrogen and oxygen atoms in total. The van der Waals surface area contributed by atoms with E-state index in [4.69, 9.17) is 5.73 Å². The van der Waals surface area contributed by atoms with Crippen LogP contribution < -0.4 is 11.1 Å². The first-order chi connectivity index (χ1) is 7.70. The van der Waals surface area contributed by atoms with E-state index < -0.39 is 0 Å². The Hall–Kier alpha value is -0.940. The summed E-state index contributed by atoms with van der Waals surface area (Å²) in [7, 11) is 0. The Morgan fingerprint density at radius 1 is 1.69 bits per heavy atom. The monoisotopic (exact) mass is 239 g/mol. The van der Waals surface area contributed by atoms with Crippen LogP contribution in [0.2, 0.25) is 0 Å². The summed E-state index contributed by atoms with van der Waals surface area (Å²) >= 11 is 1.66. The van der Waals surface area contributed by atoms with Crippen molar-refractivity contribution >= 4 is 17.2 Å². The molecule has 0 unspecified atom stereocenters. The van der Waals surface area contributed by atoms with E-state index in [1.165, 1.54) is 4.88 Å². The summed E-state index contributed by atoms with van der Waals surface area (Å²) in [6.45, 7) is 3.09. The van der Waals surface area contributed by atoms with Crippen LogP contribution in [0.15, 0.2) is 6.20 Å². The molecule has 2 rings (SSSR count). The largest absolute Gasteiger partial charge is 0.349 e. The van der Waals surface area contributed by atoms with Gasteiger partial charge in [0, 0.05) is 17.6 Å². The number of aromatic nitrogens is 1. The molecule has 0 aliphatic heterocycles. The lowest BCUT2D eigenvalue weighted by Crippen LogP contribution is -2.36. The predicted octanol–water partition coefficient (Wildman–Crippen LogP) is 1.06. The van der Waals surface area contributed by atoms with Gasteiger partial charge in [-0.05, 0) is 19.3 Å². The SMILES string of the molecule is CCc1cnc(CNC(=O)C2(CN)CC2)s1. The number of nitrogens with one attached hydrogen (secondary N) is 1. The van der Waals surface area contributed by atoms with E-state index in [0.29, 0.717) is 13.1 Å². The second-order valence-electron chi connectivity index (χ2n) is 4.24. The number of nitrogens with two attached hydrogens (primary N) is 1. The van der Waals surface area contributed by atoms with Crippen molar-refractivity contribution in [1.29, 1.82) is 0 Å². The normalized spacial score (nSPS) is 17.1. The number of hydrogen-bond donors (Lipinski definition) is 2. The lowest BCUT2D eigenvalue weighted by Gasteiger charge is -2.11. The van der Waals surface area contributed by atoms with Gasteiger partial charge in [0.2, 0.25) is 5.91 Å². The highest BCUT2D eigenvalue weighted by Crippen LogP contribution is 2.44. The van der Waals surface area contributed by atoms with Crippen molar-refractivity contribution < 1.29 is 4.79 Å². The first kappa shape index (κ1) is 11.5. The van der Waals surface area contributed by atoms with Crippen LogP contribution in [0.4, 0.5) is 0 Å². The molecule has 5 heteroatoms. The van der Waals surface area contributed by atoms with E-state index in [1.807, 2.05) is 6.20 Å². The van der Waals surface area contributed by atoms with Crippen LogP contribution in [-0.2, 0) is 17.8 Å². The van der Waals surface area contributed by atoms with Gasteiger partial charge in [0.15, 0.2) is 0 Å². The smallest absolute Gasteiger partial charge is 0.227 e. The van der Waals surface area contributed by atoms with Gasteiger partial charge in [0.1, 0.15) is 5.01 Å². The van der Waals surface area contributed by atoms with Crippen molar-refractivity contribution in [2.75, 3.05) is 6.54 Å². The van der Waals surface area contributed by atoms with Gasteiger partial charge in [-0.15, -0.1) is 11.3 Å². The van der Waals surface area contributed by atoms with Gasteiger partial charge in [-0.2, -0.15) is 0 Å². The number of thiazole rings is 1. The van der Waals surface area contributed by atoms with Crippen LogP contribution >= 0.6 is 11.3 Å². The molecule has 0 atom stereocenters. The summed E-state index contributed by atoms with van der Waals surface area (Å²) < 4.78 is 0. The molecule has 3 N–H and O–H groups in total. The van der Waals surface area contributed by atoms with Crippen LogP contribution in [0.25, 0.3) is 0 Å². The number of carbonyl (C=O) groups is 1.